The first-order chi connectivity index (χ1) is 16.9. The molecular formula is C23H21BrN8O2S. The van der Waals surface area contributed by atoms with Gasteiger partial charge in [-0.1, -0.05) is 18.2 Å². The van der Waals surface area contributed by atoms with E-state index in [2.05, 4.69) is 42.1 Å². The summed E-state index contributed by atoms with van der Waals surface area (Å²) in [6, 6.07) is 10.00. The van der Waals surface area contributed by atoms with E-state index in [0.717, 1.165) is 27.7 Å². The number of aromatic nitrogens is 4. The summed E-state index contributed by atoms with van der Waals surface area (Å²) < 4.78 is 29.5. The Morgan fingerprint density at radius 1 is 1.11 bits per heavy atom. The van der Waals surface area contributed by atoms with Crippen molar-refractivity contribution in [3.63, 3.8) is 0 Å². The van der Waals surface area contributed by atoms with Crippen LogP contribution in [0, 0.1) is 0 Å². The largest absolute Gasteiger partial charge is 0.383 e. The van der Waals surface area contributed by atoms with Gasteiger partial charge < -0.3 is 5.73 Å². The molecule has 2 aliphatic heterocycles. The number of anilines is 1. The molecule has 1 saturated heterocycles. The lowest BCUT2D eigenvalue weighted by molar-refractivity contribution is 0.320. The maximum absolute atomic E-state index is 12.8. The third kappa shape index (κ3) is 3.72. The molecule has 0 amide bonds. The van der Waals surface area contributed by atoms with Gasteiger partial charge in [0.1, 0.15) is 12.2 Å². The third-order valence-electron chi connectivity index (χ3n) is 6.54. The van der Waals surface area contributed by atoms with Crippen LogP contribution in [0.25, 0.3) is 27.7 Å². The lowest BCUT2D eigenvalue weighted by Crippen LogP contribution is -2.42. The maximum Gasteiger partial charge on any atom is 0.258 e. The lowest BCUT2D eigenvalue weighted by atomic mass is 9.94. The molecule has 0 unspecified atom stereocenters. The average Bonchev–Trinajstić information content (AvgIpc) is 3.57. The van der Waals surface area contributed by atoms with E-state index < -0.39 is 10.0 Å². The number of aliphatic imine (C=N–C) groups is 2. The first-order valence-corrected chi connectivity index (χ1v) is 13.4. The summed E-state index contributed by atoms with van der Waals surface area (Å²) in [5, 5.41) is 5.60. The Morgan fingerprint density at radius 3 is 2.69 bits per heavy atom. The molecule has 1 aromatic carbocycles. The molecule has 10 nitrogen and oxygen atoms in total. The second-order valence-corrected chi connectivity index (χ2v) is 11.3. The van der Waals surface area contributed by atoms with Gasteiger partial charge in [0.2, 0.25) is 0 Å². The topological polar surface area (TPSA) is 131 Å². The smallest absolute Gasteiger partial charge is 0.258 e. The van der Waals surface area contributed by atoms with Gasteiger partial charge in [0.25, 0.3) is 10.0 Å². The van der Waals surface area contributed by atoms with E-state index in [0.29, 0.717) is 41.9 Å². The third-order valence-corrected chi connectivity index (χ3v) is 9.23. The molecular weight excluding hydrogens is 532 g/mol. The van der Waals surface area contributed by atoms with Crippen molar-refractivity contribution in [2.24, 2.45) is 9.98 Å². The minimum absolute atomic E-state index is 0.0439. The number of para-hydroxylation sites is 1. The number of nitrogen functional groups attached to an aromatic ring is 1. The maximum atomic E-state index is 12.8. The number of sulfonamides is 1. The van der Waals surface area contributed by atoms with Crippen molar-refractivity contribution in [3.8, 4) is 11.1 Å². The Balaban J connectivity index is 1.33. The monoisotopic (exact) mass is 552 g/mol. The summed E-state index contributed by atoms with van der Waals surface area (Å²) in [6.45, 7) is 0.869. The molecule has 0 bridgehead atoms. The van der Waals surface area contributed by atoms with Gasteiger partial charge >= 0.3 is 0 Å². The van der Waals surface area contributed by atoms with Crippen LogP contribution in [0.4, 0.5) is 5.82 Å². The van der Waals surface area contributed by atoms with E-state index in [-0.39, 0.29) is 17.5 Å². The molecule has 12 heteroatoms. The number of hydrogen-bond donors (Lipinski definition) is 1. The highest BCUT2D eigenvalue weighted by atomic mass is 79.9. The van der Waals surface area contributed by atoms with Crippen LogP contribution in [0.1, 0.15) is 24.5 Å². The van der Waals surface area contributed by atoms with Crippen molar-refractivity contribution in [2.45, 2.75) is 18.8 Å². The van der Waals surface area contributed by atoms with Crippen molar-refractivity contribution in [1.29, 1.82) is 0 Å². The van der Waals surface area contributed by atoms with Crippen LogP contribution in [0.5, 0.6) is 0 Å². The number of hydrogen-bond acceptors (Lipinski definition) is 8. The lowest BCUT2D eigenvalue weighted by Gasteiger charge is -2.31. The molecule has 6 rings (SSSR count). The first-order valence-electron chi connectivity index (χ1n) is 11.2. The van der Waals surface area contributed by atoms with Gasteiger partial charge in [-0.2, -0.15) is 13.9 Å². The van der Waals surface area contributed by atoms with Crippen LogP contribution in [0.2, 0.25) is 0 Å². The molecule has 0 atom stereocenters. The van der Waals surface area contributed by atoms with E-state index in [9.17, 15) is 8.42 Å². The van der Waals surface area contributed by atoms with Crippen molar-refractivity contribution >= 4 is 59.7 Å². The van der Waals surface area contributed by atoms with Gasteiger partial charge in [0, 0.05) is 41.7 Å². The fraction of sp³-hybridized carbons (Fsp3) is 0.261. The standard InChI is InChI=1S/C23H21BrN8O2S/c24-20-21(14-5-7-31(8-6-14)35(33,34)19-12-26-13-28-19)30-23-17(11-29-32(23)22(20)25)16-9-15-3-1-2-4-18(15)27-10-16/h1-4,9-11,13-14H,5-8,12,25H2. The Kier molecular flexibility index (Phi) is 5.38. The summed E-state index contributed by atoms with van der Waals surface area (Å²) in [5.41, 5.74) is 10.6. The summed E-state index contributed by atoms with van der Waals surface area (Å²) in [5.74, 6) is 0.500. The second kappa shape index (κ2) is 8.47. The number of nitrogens with two attached hydrogens (primary N) is 1. The second-order valence-electron chi connectivity index (χ2n) is 8.56. The van der Waals surface area contributed by atoms with E-state index in [1.807, 2.05) is 30.5 Å². The van der Waals surface area contributed by atoms with Gasteiger partial charge in [-0.3, -0.25) is 9.98 Å². The minimum Gasteiger partial charge on any atom is -0.383 e. The van der Waals surface area contributed by atoms with E-state index in [1.165, 1.54) is 10.6 Å². The summed E-state index contributed by atoms with van der Waals surface area (Å²) in [6.07, 6.45) is 6.11. The summed E-state index contributed by atoms with van der Waals surface area (Å²) in [4.78, 5) is 17.4. The van der Waals surface area contributed by atoms with Gasteiger partial charge in [-0.25, -0.2) is 18.4 Å². The fourth-order valence-corrected chi connectivity index (χ4v) is 6.63. The SMILES string of the molecule is Nc1c(Br)c(C2CCN(S(=O)(=O)C3=NC=NC3)CC2)nc2c(-c3cnc4ccccc4c3)cnn12. The highest BCUT2D eigenvalue weighted by molar-refractivity contribution is 9.10. The number of fused-ring (bicyclic) bond motifs is 2. The van der Waals surface area contributed by atoms with Crippen molar-refractivity contribution in [2.75, 3.05) is 25.4 Å². The molecule has 2 aliphatic rings. The molecule has 0 spiro atoms. The molecule has 35 heavy (non-hydrogen) atoms. The first kappa shape index (κ1) is 22.3. The molecule has 1 fully saturated rings. The van der Waals surface area contributed by atoms with E-state index in [4.69, 9.17) is 10.7 Å². The van der Waals surface area contributed by atoms with Crippen LogP contribution >= 0.6 is 15.9 Å². The Morgan fingerprint density at radius 2 is 1.91 bits per heavy atom. The van der Waals surface area contributed by atoms with Crippen LogP contribution in [0.15, 0.2) is 57.2 Å². The molecule has 0 saturated carbocycles. The van der Waals surface area contributed by atoms with E-state index in [1.54, 1.807) is 10.7 Å². The Labute approximate surface area is 209 Å². The van der Waals surface area contributed by atoms with Crippen LogP contribution in [-0.4, -0.2) is 63.3 Å². The van der Waals surface area contributed by atoms with E-state index >= 15 is 0 Å². The predicted molar refractivity (Wildman–Crippen MR) is 139 cm³/mol. The Bertz CT molecular complexity index is 1640. The van der Waals surface area contributed by atoms with Gasteiger partial charge in [-0.15, -0.1) is 0 Å². The number of pyridine rings is 1. The van der Waals surface area contributed by atoms with Gasteiger partial charge in [0.05, 0.1) is 28.4 Å². The van der Waals surface area contributed by atoms with Gasteiger partial charge in [-0.05, 0) is 40.9 Å². The van der Waals surface area contributed by atoms with Crippen LogP contribution in [0.3, 0.4) is 0 Å². The minimum atomic E-state index is -3.59. The molecule has 178 valence electrons. The average molecular weight is 553 g/mol. The number of rotatable bonds is 3. The van der Waals surface area contributed by atoms with Crippen molar-refractivity contribution in [1.82, 2.24) is 23.9 Å². The fourth-order valence-electron chi connectivity index (χ4n) is 4.64. The molecule has 4 aromatic rings. The molecule has 0 radical (unpaired) electrons. The van der Waals surface area contributed by atoms with Gasteiger partial charge in [0.15, 0.2) is 10.7 Å². The zero-order valence-electron chi connectivity index (χ0n) is 18.5. The molecule has 5 heterocycles. The Hall–Kier alpha value is -3.22. The quantitative estimate of drug-likeness (QED) is 0.415. The summed E-state index contributed by atoms with van der Waals surface area (Å²) >= 11 is 3.62. The number of benzene rings is 1. The number of nitrogens with zero attached hydrogens (tertiary/aromatic N) is 7. The molecule has 0 aliphatic carbocycles. The zero-order valence-corrected chi connectivity index (χ0v) is 20.9. The zero-order chi connectivity index (χ0) is 24.2. The molecule has 2 N–H and O–H groups in total. The predicted octanol–water partition coefficient (Wildman–Crippen LogP) is 3.24. The van der Waals surface area contributed by atoms with Crippen molar-refractivity contribution < 1.29 is 8.42 Å². The summed E-state index contributed by atoms with van der Waals surface area (Å²) in [7, 11) is -3.59. The number of piperidine rings is 1. The van der Waals surface area contributed by atoms with Crippen LogP contribution in [-0.2, 0) is 10.0 Å². The van der Waals surface area contributed by atoms with Crippen molar-refractivity contribution in [3.05, 3.63) is 52.9 Å². The van der Waals surface area contributed by atoms with Crippen LogP contribution < -0.4 is 5.73 Å². The highest BCUT2D eigenvalue weighted by Crippen LogP contribution is 2.37. The number of halogens is 1. The highest BCUT2D eigenvalue weighted by Gasteiger charge is 2.34. The molecule has 3 aromatic heterocycles. The normalized spacial score (nSPS) is 17.5.